The molecule has 5 heteroatoms. The molecule has 2 nitrogen and oxygen atoms in total. The lowest BCUT2D eigenvalue weighted by Crippen LogP contribution is -2.80. The van der Waals surface area contributed by atoms with E-state index in [1.54, 1.807) is 0 Å². The molecule has 0 saturated carbocycles. The second-order valence-electron chi connectivity index (χ2n) is 6.47. The topological polar surface area (TPSA) is 18.5 Å². The Kier molecular flexibility index (Phi) is 3.51. The fraction of sp³-hybridized carbons (Fsp3) is 0.818. The van der Waals surface area contributed by atoms with Gasteiger partial charge in [-0.15, -0.1) is 6.58 Å². The van der Waals surface area contributed by atoms with E-state index in [-0.39, 0.29) is 5.60 Å². The smallest absolute Gasteiger partial charge is 0.204 e. The second-order valence-corrected chi connectivity index (χ2v) is 31.0. The first kappa shape index (κ1) is 14.4. The van der Waals surface area contributed by atoms with Crippen LogP contribution < -0.4 is 0 Å². The molecule has 0 aliphatic carbocycles. The molecule has 16 heavy (non-hydrogen) atoms. The predicted octanol–water partition coefficient (Wildman–Crippen LogP) is 3.18. The SMILES string of the molecule is C=C[Si]1(OC)CC(C)(C)O[Si](C)(C)[Si]1(C)C. The van der Waals surface area contributed by atoms with Crippen molar-refractivity contribution < 1.29 is 8.85 Å². The minimum Gasteiger partial charge on any atom is -0.419 e. The van der Waals surface area contributed by atoms with Crippen molar-refractivity contribution in [2.45, 2.75) is 51.7 Å². The first-order chi connectivity index (χ1) is 7.04. The Morgan fingerprint density at radius 3 is 2.12 bits per heavy atom. The van der Waals surface area contributed by atoms with E-state index in [0.717, 1.165) is 6.04 Å². The average Bonchev–Trinajstić information content (AvgIpc) is 2.10. The molecule has 0 aromatic heterocycles. The third kappa shape index (κ3) is 1.92. The first-order valence-corrected chi connectivity index (χ1v) is 16.0. The van der Waals surface area contributed by atoms with Gasteiger partial charge in [0.25, 0.3) is 0 Å². The van der Waals surface area contributed by atoms with E-state index in [9.17, 15) is 0 Å². The average molecular weight is 275 g/mol. The molecule has 1 aliphatic heterocycles. The standard InChI is InChI=1S/C11H26O2Si3/c1-9-16(12-4)10-11(2,3)13-14(5,6)15(16,7)8/h9H,1,10H2,2-8H3. The fourth-order valence-electron chi connectivity index (χ4n) is 2.96. The van der Waals surface area contributed by atoms with E-state index in [0.29, 0.717) is 0 Å². The van der Waals surface area contributed by atoms with Crippen LogP contribution in [0.3, 0.4) is 0 Å². The van der Waals surface area contributed by atoms with E-state index in [4.69, 9.17) is 8.85 Å². The monoisotopic (exact) mass is 274 g/mol. The van der Waals surface area contributed by atoms with Gasteiger partial charge in [-0.1, -0.05) is 18.8 Å². The zero-order chi connectivity index (χ0) is 12.8. The van der Waals surface area contributed by atoms with Gasteiger partial charge in [0.2, 0.25) is 7.83 Å². The second kappa shape index (κ2) is 3.91. The summed E-state index contributed by atoms with van der Waals surface area (Å²) in [5.41, 5.74) is 2.15. The molecule has 1 heterocycles. The molecule has 0 spiro atoms. The molecule has 0 amide bonds. The van der Waals surface area contributed by atoms with Crippen LogP contribution in [0.2, 0.25) is 32.2 Å². The van der Waals surface area contributed by atoms with Gasteiger partial charge in [-0.2, -0.15) is 0 Å². The zero-order valence-corrected chi connectivity index (χ0v) is 14.8. The summed E-state index contributed by atoms with van der Waals surface area (Å²) in [7, 11) is -3.00. The van der Waals surface area contributed by atoms with Crippen molar-refractivity contribution in [2.24, 2.45) is 0 Å². The quantitative estimate of drug-likeness (QED) is 0.720. The fourth-order valence-corrected chi connectivity index (χ4v) is 31.7. The van der Waals surface area contributed by atoms with Crippen LogP contribution in [-0.4, -0.2) is 35.5 Å². The summed E-state index contributed by atoms with van der Waals surface area (Å²) in [6, 6.07) is 1.07. The lowest BCUT2D eigenvalue weighted by Gasteiger charge is -2.57. The molecule has 94 valence electrons. The molecule has 1 rings (SSSR count). The highest BCUT2D eigenvalue weighted by molar-refractivity contribution is 7.67. The highest BCUT2D eigenvalue weighted by Crippen LogP contribution is 2.44. The van der Waals surface area contributed by atoms with E-state index in [2.05, 4.69) is 52.3 Å². The maximum atomic E-state index is 6.44. The van der Waals surface area contributed by atoms with Gasteiger partial charge in [0.15, 0.2) is 7.83 Å². The van der Waals surface area contributed by atoms with Crippen molar-refractivity contribution in [2.75, 3.05) is 7.11 Å². The molecular weight excluding hydrogens is 248 g/mol. The van der Waals surface area contributed by atoms with E-state index in [1.165, 1.54) is 0 Å². The maximum absolute atomic E-state index is 6.44. The van der Waals surface area contributed by atoms with Crippen LogP contribution in [0.25, 0.3) is 0 Å². The Labute approximate surface area is 103 Å². The van der Waals surface area contributed by atoms with Gasteiger partial charge in [0.05, 0.1) is 5.60 Å². The Morgan fingerprint density at radius 2 is 1.75 bits per heavy atom. The molecule has 0 aromatic carbocycles. The van der Waals surface area contributed by atoms with Crippen molar-refractivity contribution in [1.29, 1.82) is 0 Å². The van der Waals surface area contributed by atoms with Gasteiger partial charge in [-0.05, 0) is 33.0 Å². The molecule has 0 aromatic rings. The predicted molar refractivity (Wildman–Crippen MR) is 77.9 cm³/mol. The third-order valence-electron chi connectivity index (χ3n) is 4.48. The molecule has 0 bridgehead atoms. The van der Waals surface area contributed by atoms with E-state index in [1.807, 2.05) is 7.11 Å². The Balaban J connectivity index is 3.30. The lowest BCUT2D eigenvalue weighted by atomic mass is 10.2. The van der Waals surface area contributed by atoms with Crippen molar-refractivity contribution in [3.05, 3.63) is 12.3 Å². The summed E-state index contributed by atoms with van der Waals surface area (Å²) in [6.45, 7) is 18.1. The number of hydrogen-bond donors (Lipinski definition) is 0. The molecule has 1 atom stereocenters. The molecular formula is C11H26O2Si3. The molecule has 1 unspecified atom stereocenters. The summed E-state index contributed by atoms with van der Waals surface area (Å²) in [5, 5.41) is 0. The largest absolute Gasteiger partial charge is 0.419 e. The summed E-state index contributed by atoms with van der Waals surface area (Å²) in [6.07, 6.45) is 0. The first-order valence-electron chi connectivity index (χ1n) is 5.92. The van der Waals surface area contributed by atoms with Crippen LogP contribution in [-0.2, 0) is 8.85 Å². The zero-order valence-electron chi connectivity index (χ0n) is 11.8. The van der Waals surface area contributed by atoms with Crippen molar-refractivity contribution in [3.63, 3.8) is 0 Å². The summed E-state index contributed by atoms with van der Waals surface area (Å²) in [4.78, 5) is 0. The number of rotatable bonds is 2. The van der Waals surface area contributed by atoms with Gasteiger partial charge >= 0.3 is 0 Å². The Bertz CT molecular complexity index is 300. The van der Waals surface area contributed by atoms with Crippen LogP contribution in [0.4, 0.5) is 0 Å². The summed E-state index contributed by atoms with van der Waals surface area (Å²) < 4.78 is 12.5. The van der Waals surface area contributed by atoms with Crippen molar-refractivity contribution in [3.8, 4) is 0 Å². The highest BCUT2D eigenvalue weighted by atomic mass is 29.7. The van der Waals surface area contributed by atoms with Crippen LogP contribution in [0.1, 0.15) is 13.8 Å². The third-order valence-corrected chi connectivity index (χ3v) is 40.1. The van der Waals surface area contributed by atoms with Crippen LogP contribution in [0.5, 0.6) is 0 Å². The lowest BCUT2D eigenvalue weighted by molar-refractivity contribution is 0.117. The van der Waals surface area contributed by atoms with E-state index >= 15 is 0 Å². The highest BCUT2D eigenvalue weighted by Gasteiger charge is 2.65. The van der Waals surface area contributed by atoms with Crippen LogP contribution >= 0.6 is 0 Å². The van der Waals surface area contributed by atoms with Crippen molar-refractivity contribution in [1.82, 2.24) is 0 Å². The van der Waals surface area contributed by atoms with Crippen molar-refractivity contribution >= 4 is 22.8 Å². The number of hydrogen-bond acceptors (Lipinski definition) is 2. The molecule has 1 aliphatic rings. The summed E-state index contributed by atoms with van der Waals surface area (Å²) >= 11 is 0. The normalized spacial score (nSPS) is 35.7. The van der Waals surface area contributed by atoms with Gasteiger partial charge in [-0.25, -0.2) is 0 Å². The molecule has 1 fully saturated rings. The maximum Gasteiger partial charge on any atom is 0.204 e. The van der Waals surface area contributed by atoms with Gasteiger partial charge in [-0.3, -0.25) is 0 Å². The van der Waals surface area contributed by atoms with Crippen LogP contribution in [0.15, 0.2) is 12.3 Å². The Hall–Kier alpha value is 0.311. The van der Waals surface area contributed by atoms with Gasteiger partial charge in [0, 0.05) is 7.11 Å². The van der Waals surface area contributed by atoms with E-state index < -0.39 is 22.8 Å². The minimum atomic E-state index is -1.79. The van der Waals surface area contributed by atoms with Crippen LogP contribution in [0, 0.1) is 0 Å². The van der Waals surface area contributed by atoms with Gasteiger partial charge in [0.1, 0.15) is 7.11 Å². The minimum absolute atomic E-state index is 0.0331. The van der Waals surface area contributed by atoms with Gasteiger partial charge < -0.3 is 8.85 Å². The summed E-state index contributed by atoms with van der Waals surface area (Å²) in [5.74, 6) is 0. The molecule has 1 saturated heterocycles. The Morgan fingerprint density at radius 1 is 1.25 bits per heavy atom. The molecule has 0 N–H and O–H groups in total. The molecule has 0 radical (unpaired) electrons.